The molecular weight excluding hydrogens is 503 g/mol. The predicted molar refractivity (Wildman–Crippen MR) is 130 cm³/mol. The summed E-state index contributed by atoms with van der Waals surface area (Å²) in [5.74, 6) is -4.46. The Morgan fingerprint density at radius 2 is 1.58 bits per heavy atom. The van der Waals surface area contributed by atoms with Crippen LogP contribution < -0.4 is 15.5 Å². The standard InChI is InChI=1S/C25H17FN4O8/c1-13(31)27-15-3-6-17(7-4-15)29-23(33)18-8-2-14(10-19(18)24(29)34)25(35)38-12-22(32)28-16-5-9-20(26)21(11-16)30(36)37/h2-11H,12H2,1H3,(H,27,31)(H,28,32). The lowest BCUT2D eigenvalue weighted by Crippen LogP contribution is -2.29. The number of nitro benzene ring substituents is 1. The summed E-state index contributed by atoms with van der Waals surface area (Å²) < 4.78 is 18.4. The SMILES string of the molecule is CC(=O)Nc1ccc(N2C(=O)c3ccc(C(=O)OCC(=O)Nc4ccc(F)c([N+](=O)[O-])c4)cc3C2=O)cc1. The number of rotatable bonds is 7. The summed E-state index contributed by atoms with van der Waals surface area (Å²) in [5, 5.41) is 15.7. The van der Waals surface area contributed by atoms with Gasteiger partial charge in [-0.15, -0.1) is 0 Å². The van der Waals surface area contributed by atoms with Crippen molar-refractivity contribution in [3.8, 4) is 0 Å². The van der Waals surface area contributed by atoms with Gasteiger partial charge < -0.3 is 15.4 Å². The minimum absolute atomic E-state index is 0.0431. The van der Waals surface area contributed by atoms with E-state index in [0.717, 1.165) is 23.1 Å². The third-order valence-electron chi connectivity index (χ3n) is 5.33. The number of nitrogens with one attached hydrogen (secondary N) is 2. The van der Waals surface area contributed by atoms with Crippen LogP contribution in [0, 0.1) is 15.9 Å². The molecule has 0 saturated heterocycles. The van der Waals surface area contributed by atoms with Gasteiger partial charge in [0.15, 0.2) is 6.61 Å². The summed E-state index contributed by atoms with van der Waals surface area (Å²) in [6.07, 6.45) is 0. The molecule has 12 nitrogen and oxygen atoms in total. The fraction of sp³-hybridized carbons (Fsp3) is 0.0800. The Balaban J connectivity index is 1.42. The van der Waals surface area contributed by atoms with Crippen LogP contribution in [0.1, 0.15) is 38.0 Å². The molecule has 192 valence electrons. The predicted octanol–water partition coefficient (Wildman–Crippen LogP) is 3.29. The van der Waals surface area contributed by atoms with E-state index in [9.17, 15) is 38.5 Å². The molecule has 2 N–H and O–H groups in total. The Bertz CT molecular complexity index is 1520. The van der Waals surface area contributed by atoms with E-state index in [2.05, 4.69) is 10.6 Å². The maximum atomic E-state index is 13.4. The van der Waals surface area contributed by atoms with Crippen LogP contribution in [0.2, 0.25) is 0 Å². The molecule has 1 aliphatic rings. The molecule has 1 heterocycles. The Morgan fingerprint density at radius 1 is 0.921 bits per heavy atom. The molecular formula is C25H17FN4O8. The maximum Gasteiger partial charge on any atom is 0.338 e. The lowest BCUT2D eigenvalue weighted by atomic mass is 10.1. The van der Waals surface area contributed by atoms with Crippen molar-refractivity contribution in [2.75, 3.05) is 22.1 Å². The maximum absolute atomic E-state index is 13.4. The van der Waals surface area contributed by atoms with Crippen molar-refractivity contribution in [2.24, 2.45) is 0 Å². The average molecular weight is 520 g/mol. The number of nitrogens with zero attached hydrogens (tertiary/aromatic N) is 2. The molecule has 13 heteroatoms. The summed E-state index contributed by atoms with van der Waals surface area (Å²) in [4.78, 5) is 72.3. The highest BCUT2D eigenvalue weighted by Crippen LogP contribution is 2.30. The number of nitro groups is 1. The van der Waals surface area contributed by atoms with Crippen LogP contribution in [-0.4, -0.2) is 41.1 Å². The minimum Gasteiger partial charge on any atom is -0.452 e. The summed E-state index contributed by atoms with van der Waals surface area (Å²) in [6, 6.07) is 12.5. The first-order valence-electron chi connectivity index (χ1n) is 10.9. The number of carbonyl (C=O) groups is 5. The molecule has 38 heavy (non-hydrogen) atoms. The van der Waals surface area contributed by atoms with Gasteiger partial charge in [-0.1, -0.05) is 0 Å². The Hall–Kier alpha value is -5.46. The molecule has 0 fully saturated rings. The number of esters is 1. The van der Waals surface area contributed by atoms with E-state index >= 15 is 0 Å². The number of carbonyl (C=O) groups excluding carboxylic acids is 5. The van der Waals surface area contributed by atoms with Gasteiger partial charge in [0, 0.05) is 24.4 Å². The van der Waals surface area contributed by atoms with Gasteiger partial charge in [-0.05, 0) is 54.6 Å². The van der Waals surface area contributed by atoms with Gasteiger partial charge in [-0.2, -0.15) is 4.39 Å². The number of benzene rings is 3. The molecule has 0 aromatic heterocycles. The zero-order valence-electron chi connectivity index (χ0n) is 19.5. The van der Waals surface area contributed by atoms with Crippen LogP contribution in [0.5, 0.6) is 0 Å². The van der Waals surface area contributed by atoms with Gasteiger partial charge in [0.1, 0.15) is 0 Å². The van der Waals surface area contributed by atoms with Crippen molar-refractivity contribution in [2.45, 2.75) is 6.92 Å². The van der Waals surface area contributed by atoms with Crippen molar-refractivity contribution in [1.29, 1.82) is 0 Å². The second kappa shape index (κ2) is 10.3. The monoisotopic (exact) mass is 520 g/mol. The first kappa shape index (κ1) is 25.6. The highest BCUT2D eigenvalue weighted by Gasteiger charge is 2.37. The molecule has 0 bridgehead atoms. The first-order chi connectivity index (χ1) is 18.0. The normalized spacial score (nSPS) is 12.1. The lowest BCUT2D eigenvalue weighted by molar-refractivity contribution is -0.387. The zero-order valence-corrected chi connectivity index (χ0v) is 19.5. The third-order valence-corrected chi connectivity index (χ3v) is 5.33. The average Bonchev–Trinajstić information content (AvgIpc) is 3.13. The van der Waals surface area contributed by atoms with Crippen LogP contribution in [0.25, 0.3) is 0 Å². The first-order valence-corrected chi connectivity index (χ1v) is 10.9. The second-order valence-electron chi connectivity index (χ2n) is 7.98. The van der Waals surface area contributed by atoms with Crippen molar-refractivity contribution in [3.63, 3.8) is 0 Å². The zero-order chi connectivity index (χ0) is 27.6. The summed E-state index contributed by atoms with van der Waals surface area (Å²) in [6.45, 7) is 0.563. The number of amides is 4. The van der Waals surface area contributed by atoms with E-state index in [1.807, 2.05) is 0 Å². The minimum atomic E-state index is -1.08. The molecule has 0 aliphatic carbocycles. The number of hydrogen-bond donors (Lipinski definition) is 2. The highest BCUT2D eigenvalue weighted by atomic mass is 19.1. The second-order valence-corrected chi connectivity index (χ2v) is 7.98. The number of imide groups is 1. The fourth-order valence-corrected chi connectivity index (χ4v) is 3.64. The molecule has 4 rings (SSSR count). The molecule has 0 atom stereocenters. The quantitative estimate of drug-likeness (QED) is 0.207. The molecule has 1 aliphatic heterocycles. The van der Waals surface area contributed by atoms with E-state index < -0.39 is 46.7 Å². The lowest BCUT2D eigenvalue weighted by Gasteiger charge is -2.14. The van der Waals surface area contributed by atoms with Crippen LogP contribution in [-0.2, 0) is 14.3 Å². The van der Waals surface area contributed by atoms with Crippen molar-refractivity contribution < 1.29 is 38.0 Å². The molecule has 3 aromatic carbocycles. The van der Waals surface area contributed by atoms with Gasteiger partial charge in [-0.3, -0.25) is 29.3 Å². The molecule has 3 aromatic rings. The summed E-state index contributed by atoms with van der Waals surface area (Å²) in [5.41, 5.74) is -0.262. The van der Waals surface area contributed by atoms with Gasteiger partial charge >= 0.3 is 11.7 Å². The number of halogens is 1. The number of anilines is 3. The van der Waals surface area contributed by atoms with E-state index in [1.54, 1.807) is 0 Å². The van der Waals surface area contributed by atoms with E-state index in [1.165, 1.54) is 49.4 Å². The smallest absolute Gasteiger partial charge is 0.338 e. The highest BCUT2D eigenvalue weighted by molar-refractivity contribution is 6.34. The summed E-state index contributed by atoms with van der Waals surface area (Å²) in [7, 11) is 0. The van der Waals surface area contributed by atoms with Crippen LogP contribution >= 0.6 is 0 Å². The van der Waals surface area contributed by atoms with E-state index in [0.29, 0.717) is 5.69 Å². The van der Waals surface area contributed by atoms with E-state index in [4.69, 9.17) is 4.74 Å². The van der Waals surface area contributed by atoms with Gasteiger partial charge in [-0.25, -0.2) is 9.69 Å². The third kappa shape index (κ3) is 5.21. The van der Waals surface area contributed by atoms with Crippen LogP contribution in [0.3, 0.4) is 0 Å². The molecule has 0 spiro atoms. The molecule has 0 unspecified atom stereocenters. The molecule has 4 amide bonds. The molecule has 0 saturated carbocycles. The Morgan fingerprint density at radius 3 is 2.24 bits per heavy atom. The van der Waals surface area contributed by atoms with Gasteiger partial charge in [0.25, 0.3) is 17.7 Å². The number of fused-ring (bicyclic) bond motifs is 1. The number of hydrogen-bond acceptors (Lipinski definition) is 8. The summed E-state index contributed by atoms with van der Waals surface area (Å²) >= 11 is 0. The van der Waals surface area contributed by atoms with Crippen LogP contribution in [0.15, 0.2) is 60.7 Å². The van der Waals surface area contributed by atoms with Gasteiger partial charge in [0.2, 0.25) is 11.7 Å². The molecule has 0 radical (unpaired) electrons. The Kier molecular flexibility index (Phi) is 6.92. The van der Waals surface area contributed by atoms with E-state index in [-0.39, 0.29) is 34.0 Å². The number of ether oxygens (including phenoxy) is 1. The van der Waals surface area contributed by atoms with Crippen molar-refractivity contribution in [1.82, 2.24) is 0 Å². The topological polar surface area (TPSA) is 165 Å². The van der Waals surface area contributed by atoms with Crippen LogP contribution in [0.4, 0.5) is 27.1 Å². The fourth-order valence-electron chi connectivity index (χ4n) is 3.64. The van der Waals surface area contributed by atoms with Crippen molar-refractivity contribution in [3.05, 3.63) is 93.3 Å². The van der Waals surface area contributed by atoms with Gasteiger partial charge in [0.05, 0.1) is 27.3 Å². The Labute approximate surface area is 213 Å². The van der Waals surface area contributed by atoms with Crippen molar-refractivity contribution >= 4 is 52.3 Å². The largest absolute Gasteiger partial charge is 0.452 e.